The van der Waals surface area contributed by atoms with Crippen molar-refractivity contribution in [3.8, 4) is 33.4 Å². The number of fused-ring (bicyclic) bond motifs is 2. The van der Waals surface area contributed by atoms with Crippen LogP contribution in [0.15, 0.2) is 151 Å². The van der Waals surface area contributed by atoms with Crippen LogP contribution in [0.2, 0.25) is 0 Å². The lowest BCUT2D eigenvalue weighted by atomic mass is 9.76. The molecule has 0 radical (unpaired) electrons. The number of aryl methyl sites for hydroxylation is 3. The Hall–Kier alpha value is -5.37. The highest BCUT2D eigenvalue weighted by Crippen LogP contribution is 2.54. The number of hydrogen-bond donors (Lipinski definition) is 1. The fraction of sp³-hybridized carbons (Fsp3) is 0.0833. The molecular weight excluding hydrogens is 609 g/mol. The van der Waals surface area contributed by atoms with Gasteiger partial charge < -0.3 is 0 Å². The Bertz CT molecular complexity index is 2620. The molecule has 0 spiro atoms. The van der Waals surface area contributed by atoms with E-state index in [-0.39, 0.29) is 0 Å². The molecular formula is C48H38S. The molecule has 0 unspecified atom stereocenters. The zero-order chi connectivity index (χ0) is 33.8. The Morgan fingerprint density at radius 2 is 1.16 bits per heavy atom. The van der Waals surface area contributed by atoms with Gasteiger partial charge in [0, 0.05) is 4.90 Å². The van der Waals surface area contributed by atoms with Crippen LogP contribution in [0.5, 0.6) is 0 Å². The molecule has 0 N–H and O–H groups in total. The summed E-state index contributed by atoms with van der Waals surface area (Å²) < 4.78 is 0. The molecule has 0 aliphatic rings. The molecule has 1 heteroatoms. The van der Waals surface area contributed by atoms with Gasteiger partial charge in [0.2, 0.25) is 0 Å². The van der Waals surface area contributed by atoms with E-state index in [0.29, 0.717) is 0 Å². The van der Waals surface area contributed by atoms with Crippen LogP contribution in [-0.2, 0) is 0 Å². The highest BCUT2D eigenvalue weighted by atomic mass is 32.1. The minimum absolute atomic E-state index is 0.998. The first kappa shape index (κ1) is 30.9. The minimum Gasteiger partial charge on any atom is -0.143 e. The van der Waals surface area contributed by atoms with Gasteiger partial charge in [-0.15, -0.1) is 12.6 Å². The van der Waals surface area contributed by atoms with Gasteiger partial charge in [-0.05, 0) is 144 Å². The lowest BCUT2D eigenvalue weighted by Gasteiger charge is -2.27. The van der Waals surface area contributed by atoms with Crippen LogP contribution in [0.3, 0.4) is 0 Å². The van der Waals surface area contributed by atoms with E-state index in [1.54, 1.807) is 0 Å². The van der Waals surface area contributed by atoms with Crippen LogP contribution >= 0.6 is 12.6 Å². The van der Waals surface area contributed by atoms with Crippen molar-refractivity contribution in [2.24, 2.45) is 0 Å². The Kier molecular flexibility index (Phi) is 7.74. The third-order valence-electron chi connectivity index (χ3n) is 10.3. The monoisotopic (exact) mass is 646 g/mol. The number of thiol groups is 1. The molecule has 0 bridgehead atoms. The molecule has 0 heterocycles. The first-order valence-electron chi connectivity index (χ1n) is 17.0. The van der Waals surface area contributed by atoms with Gasteiger partial charge in [0.1, 0.15) is 0 Å². The summed E-state index contributed by atoms with van der Waals surface area (Å²) in [6.45, 7) is 13.0. The number of rotatable bonds is 6. The van der Waals surface area contributed by atoms with Gasteiger partial charge >= 0.3 is 0 Å². The fourth-order valence-corrected chi connectivity index (χ4v) is 8.63. The second-order valence-electron chi connectivity index (χ2n) is 13.1. The highest BCUT2D eigenvalue weighted by molar-refractivity contribution is 7.80. The van der Waals surface area contributed by atoms with Crippen molar-refractivity contribution in [3.05, 3.63) is 168 Å². The standard InChI is InChI=1S/C48H38S/c1-6-8-18-32(7-2)42-31(5)40-29(3)25-26-36-45(40)48(44(42)35-23-16-11-17-24-35)41-30(4)27-39(49)38-28-37(33-19-12-9-13-20-33)43(46(36)47(38)41)34-21-14-10-15-22-34/h6-28,49H,1H2,2-5H3/b18-8-,32-7+. The average molecular weight is 647 g/mol. The predicted molar refractivity (Wildman–Crippen MR) is 218 cm³/mol. The minimum atomic E-state index is 0.998. The molecule has 0 fully saturated rings. The van der Waals surface area contributed by atoms with Crippen LogP contribution in [0.4, 0.5) is 0 Å². The maximum absolute atomic E-state index is 5.20. The molecule has 8 rings (SSSR count). The molecule has 0 amide bonds. The van der Waals surface area contributed by atoms with Gasteiger partial charge in [-0.2, -0.15) is 0 Å². The summed E-state index contributed by atoms with van der Waals surface area (Å²) in [4.78, 5) is 0.998. The van der Waals surface area contributed by atoms with Crippen molar-refractivity contribution in [1.29, 1.82) is 0 Å². The SMILES string of the molecule is C=C/C=C\C(=C/C)c1c(C)c2c(C)ccc3c4c(-c5ccccc5)c(-c5ccccc5)cc5c(S)cc(C)c(c(c1-c1ccccc1)c23)c54. The fourth-order valence-electron chi connectivity index (χ4n) is 8.26. The first-order chi connectivity index (χ1) is 23.9. The highest BCUT2D eigenvalue weighted by Gasteiger charge is 2.27. The van der Waals surface area contributed by atoms with Crippen molar-refractivity contribution >= 4 is 61.3 Å². The maximum atomic E-state index is 5.20. The number of hydrogen-bond acceptors (Lipinski definition) is 1. The molecule has 0 aromatic heterocycles. The van der Waals surface area contributed by atoms with Crippen molar-refractivity contribution in [2.75, 3.05) is 0 Å². The average Bonchev–Trinajstić information content (AvgIpc) is 3.13. The van der Waals surface area contributed by atoms with Crippen LogP contribution < -0.4 is 0 Å². The summed E-state index contributed by atoms with van der Waals surface area (Å²) >= 11 is 5.20. The van der Waals surface area contributed by atoms with E-state index in [4.69, 9.17) is 12.6 Å². The molecule has 8 aromatic carbocycles. The summed E-state index contributed by atoms with van der Waals surface area (Å²) in [5, 5.41) is 10.3. The van der Waals surface area contributed by atoms with Crippen molar-refractivity contribution < 1.29 is 0 Å². The van der Waals surface area contributed by atoms with E-state index >= 15 is 0 Å². The Morgan fingerprint density at radius 1 is 0.571 bits per heavy atom. The Morgan fingerprint density at radius 3 is 1.78 bits per heavy atom. The van der Waals surface area contributed by atoms with E-state index in [9.17, 15) is 0 Å². The van der Waals surface area contributed by atoms with Crippen molar-refractivity contribution in [2.45, 2.75) is 32.6 Å². The summed E-state index contributed by atoms with van der Waals surface area (Å²) in [5.74, 6) is 0. The van der Waals surface area contributed by atoms with Gasteiger partial charge in [0.05, 0.1) is 0 Å². The van der Waals surface area contributed by atoms with Gasteiger partial charge in [-0.3, -0.25) is 0 Å². The largest absolute Gasteiger partial charge is 0.143 e. The van der Waals surface area contributed by atoms with E-state index < -0.39 is 0 Å². The number of benzene rings is 8. The van der Waals surface area contributed by atoms with E-state index in [1.165, 1.54) is 104 Å². The summed E-state index contributed by atoms with van der Waals surface area (Å²) in [6, 6.07) is 42.1. The molecule has 0 nitrogen and oxygen atoms in total. The van der Waals surface area contributed by atoms with Gasteiger partial charge in [0.25, 0.3) is 0 Å². The van der Waals surface area contributed by atoms with Gasteiger partial charge in [-0.1, -0.05) is 134 Å². The maximum Gasteiger partial charge on any atom is 0.0122 e. The lowest BCUT2D eigenvalue weighted by molar-refractivity contribution is 1.43. The first-order valence-corrected chi connectivity index (χ1v) is 17.4. The van der Waals surface area contributed by atoms with Crippen molar-refractivity contribution in [1.82, 2.24) is 0 Å². The number of allylic oxidation sites excluding steroid dienone is 5. The molecule has 236 valence electrons. The Balaban J connectivity index is 1.76. The molecule has 0 aliphatic carbocycles. The third kappa shape index (κ3) is 4.76. The lowest BCUT2D eigenvalue weighted by Crippen LogP contribution is -2.02. The normalized spacial score (nSPS) is 12.3. The second kappa shape index (κ2) is 12.3. The van der Waals surface area contributed by atoms with Gasteiger partial charge in [0.15, 0.2) is 0 Å². The molecule has 0 saturated heterocycles. The van der Waals surface area contributed by atoms with Crippen LogP contribution in [0, 0.1) is 20.8 Å². The van der Waals surface area contributed by atoms with E-state index in [1.807, 2.05) is 12.2 Å². The molecule has 0 aliphatic heterocycles. The topological polar surface area (TPSA) is 0 Å². The molecule has 0 atom stereocenters. The molecule has 0 saturated carbocycles. The van der Waals surface area contributed by atoms with Gasteiger partial charge in [-0.25, -0.2) is 0 Å². The van der Waals surface area contributed by atoms with Crippen LogP contribution in [0.1, 0.15) is 29.2 Å². The summed E-state index contributed by atoms with van der Waals surface area (Å²) in [5.41, 5.74) is 13.7. The second-order valence-corrected chi connectivity index (χ2v) is 13.5. The third-order valence-corrected chi connectivity index (χ3v) is 10.6. The zero-order valence-corrected chi connectivity index (χ0v) is 29.3. The van der Waals surface area contributed by atoms with Crippen LogP contribution in [0.25, 0.3) is 82.0 Å². The quantitative estimate of drug-likeness (QED) is 0.0790. The predicted octanol–water partition coefficient (Wildman–Crippen LogP) is 14.1. The zero-order valence-electron chi connectivity index (χ0n) is 28.4. The van der Waals surface area contributed by atoms with Crippen molar-refractivity contribution in [3.63, 3.8) is 0 Å². The summed E-state index contributed by atoms with van der Waals surface area (Å²) in [7, 11) is 0. The van der Waals surface area contributed by atoms with Crippen LogP contribution in [-0.4, -0.2) is 0 Å². The smallest absolute Gasteiger partial charge is 0.0122 e. The molecule has 8 aromatic rings. The summed E-state index contributed by atoms with van der Waals surface area (Å²) in [6.07, 6.45) is 8.35. The van der Waals surface area contributed by atoms with E-state index in [0.717, 1.165) is 4.90 Å². The Labute approximate surface area is 294 Å². The molecule has 49 heavy (non-hydrogen) atoms. The van der Waals surface area contributed by atoms with E-state index in [2.05, 4.69) is 162 Å².